The third-order valence-corrected chi connectivity index (χ3v) is 5.65. The van der Waals surface area contributed by atoms with Crippen LogP contribution in [-0.4, -0.2) is 59.5 Å². The van der Waals surface area contributed by atoms with Crippen LogP contribution in [0.1, 0.15) is 45.4 Å². The number of amides is 1. The topological polar surface area (TPSA) is 61.4 Å². The van der Waals surface area contributed by atoms with Crippen LogP contribution < -0.4 is 10.2 Å². The Morgan fingerprint density at radius 2 is 1.88 bits per heavy atom. The first-order valence-corrected chi connectivity index (χ1v) is 9.81. The first-order valence-electron chi connectivity index (χ1n) is 9.81. The van der Waals surface area contributed by atoms with Crippen molar-refractivity contribution in [1.82, 2.24) is 20.2 Å². The van der Waals surface area contributed by atoms with Crippen molar-refractivity contribution in [3.8, 4) is 0 Å². The van der Waals surface area contributed by atoms with Crippen LogP contribution in [0.5, 0.6) is 0 Å². The maximum absolute atomic E-state index is 12.5. The van der Waals surface area contributed by atoms with Gasteiger partial charge in [0.05, 0.1) is 0 Å². The molecule has 138 valence electrons. The summed E-state index contributed by atoms with van der Waals surface area (Å²) in [5.41, 5.74) is 0. The minimum atomic E-state index is 0.269. The number of piperazine rings is 1. The number of carbonyl (C=O) groups excluding carboxylic acids is 1. The molecule has 1 aliphatic carbocycles. The summed E-state index contributed by atoms with van der Waals surface area (Å²) in [5, 5.41) is 3.65. The van der Waals surface area contributed by atoms with Gasteiger partial charge in [0.15, 0.2) is 0 Å². The molecule has 0 unspecified atom stereocenters. The van der Waals surface area contributed by atoms with Crippen LogP contribution in [0.25, 0.3) is 0 Å². The van der Waals surface area contributed by atoms with Crippen molar-refractivity contribution in [3.05, 3.63) is 18.5 Å². The lowest BCUT2D eigenvalue weighted by atomic mass is 9.83. The number of rotatable bonds is 6. The summed E-state index contributed by atoms with van der Waals surface area (Å²) >= 11 is 0. The number of nitrogens with zero attached hydrogens (tertiary/aromatic N) is 4. The summed E-state index contributed by atoms with van der Waals surface area (Å²) in [7, 11) is 0. The Bertz CT molecular complexity index is 530. The van der Waals surface area contributed by atoms with Crippen LogP contribution in [0, 0.1) is 5.92 Å². The van der Waals surface area contributed by atoms with Gasteiger partial charge in [-0.1, -0.05) is 26.2 Å². The Morgan fingerprint density at radius 3 is 2.60 bits per heavy atom. The van der Waals surface area contributed by atoms with E-state index in [1.165, 1.54) is 32.1 Å². The zero-order chi connectivity index (χ0) is 17.5. The number of anilines is 1. The van der Waals surface area contributed by atoms with Crippen LogP contribution in [0.15, 0.2) is 18.5 Å². The molecule has 1 saturated heterocycles. The first-order chi connectivity index (χ1) is 12.3. The highest BCUT2D eigenvalue weighted by Gasteiger charge is 2.25. The molecule has 1 amide bonds. The molecular formula is C19H31N5O. The molecule has 1 aliphatic heterocycles. The molecule has 2 heterocycles. The fraction of sp³-hybridized carbons (Fsp3) is 0.737. The lowest BCUT2D eigenvalue weighted by Gasteiger charge is -2.35. The molecule has 0 bridgehead atoms. The van der Waals surface area contributed by atoms with Crippen molar-refractivity contribution in [2.24, 2.45) is 5.92 Å². The second-order valence-electron chi connectivity index (χ2n) is 7.18. The van der Waals surface area contributed by atoms with Gasteiger partial charge < -0.3 is 15.1 Å². The molecule has 0 spiro atoms. The van der Waals surface area contributed by atoms with Crippen molar-refractivity contribution in [2.75, 3.05) is 37.6 Å². The van der Waals surface area contributed by atoms with E-state index in [0.717, 1.165) is 44.6 Å². The van der Waals surface area contributed by atoms with E-state index >= 15 is 0 Å². The monoisotopic (exact) mass is 345 g/mol. The third-order valence-electron chi connectivity index (χ3n) is 5.65. The summed E-state index contributed by atoms with van der Waals surface area (Å²) in [6, 6.07) is 2.43. The molecule has 6 nitrogen and oxygen atoms in total. The van der Waals surface area contributed by atoms with E-state index in [-0.39, 0.29) is 5.91 Å². The molecule has 2 atom stereocenters. The SMILES string of the molecule is CC[C@@H]1CCCC[C@H]1NCCC(=O)N1CCN(c2ncccn2)CC1. The van der Waals surface area contributed by atoms with Gasteiger partial charge in [-0.25, -0.2) is 9.97 Å². The molecule has 1 aromatic heterocycles. The highest BCUT2D eigenvalue weighted by molar-refractivity contribution is 5.76. The molecular weight excluding hydrogens is 314 g/mol. The zero-order valence-electron chi connectivity index (χ0n) is 15.4. The molecule has 0 radical (unpaired) electrons. The first kappa shape index (κ1) is 18.1. The van der Waals surface area contributed by atoms with E-state index < -0.39 is 0 Å². The van der Waals surface area contributed by atoms with E-state index in [1.807, 2.05) is 11.0 Å². The summed E-state index contributed by atoms with van der Waals surface area (Å²) < 4.78 is 0. The smallest absolute Gasteiger partial charge is 0.225 e. The lowest BCUT2D eigenvalue weighted by molar-refractivity contribution is -0.131. The van der Waals surface area contributed by atoms with Crippen LogP contribution in [0.3, 0.4) is 0 Å². The standard InChI is InChI=1S/C19H31N5O/c1-2-16-6-3-4-7-17(16)20-11-8-18(25)23-12-14-24(15-13-23)19-21-9-5-10-22-19/h5,9-10,16-17,20H,2-4,6-8,11-15H2,1H3/t16-,17-/m1/s1. The predicted octanol–water partition coefficient (Wildman–Crippen LogP) is 2.07. The number of carbonyl (C=O) groups is 1. The molecule has 6 heteroatoms. The molecule has 2 aliphatic rings. The molecule has 1 saturated carbocycles. The van der Waals surface area contributed by atoms with Gasteiger partial charge in [0.25, 0.3) is 0 Å². The van der Waals surface area contributed by atoms with Crippen molar-refractivity contribution >= 4 is 11.9 Å². The Morgan fingerprint density at radius 1 is 1.16 bits per heavy atom. The van der Waals surface area contributed by atoms with Gasteiger partial charge in [-0.05, 0) is 24.8 Å². The molecule has 25 heavy (non-hydrogen) atoms. The minimum absolute atomic E-state index is 0.269. The van der Waals surface area contributed by atoms with Crippen molar-refractivity contribution < 1.29 is 4.79 Å². The van der Waals surface area contributed by atoms with Gasteiger partial charge in [-0.3, -0.25) is 4.79 Å². The van der Waals surface area contributed by atoms with E-state index in [0.29, 0.717) is 12.5 Å². The Kier molecular flexibility index (Phi) is 6.62. The van der Waals surface area contributed by atoms with Crippen LogP contribution in [0.4, 0.5) is 5.95 Å². The quantitative estimate of drug-likeness (QED) is 0.855. The van der Waals surface area contributed by atoms with Crippen molar-refractivity contribution in [2.45, 2.75) is 51.5 Å². The average molecular weight is 345 g/mol. The van der Waals surface area contributed by atoms with Gasteiger partial charge in [-0.2, -0.15) is 0 Å². The molecule has 0 aromatic carbocycles. The maximum Gasteiger partial charge on any atom is 0.225 e. The van der Waals surface area contributed by atoms with E-state index in [4.69, 9.17) is 0 Å². The highest BCUT2D eigenvalue weighted by Crippen LogP contribution is 2.26. The molecule has 1 aromatic rings. The normalized spacial score (nSPS) is 24.4. The lowest BCUT2D eigenvalue weighted by Crippen LogP contribution is -2.50. The number of hydrogen-bond donors (Lipinski definition) is 1. The molecule has 2 fully saturated rings. The van der Waals surface area contributed by atoms with Gasteiger partial charge in [0, 0.05) is 57.6 Å². The van der Waals surface area contributed by atoms with Gasteiger partial charge in [0.1, 0.15) is 0 Å². The third kappa shape index (κ3) is 4.91. The summed E-state index contributed by atoms with van der Waals surface area (Å²) in [5.74, 6) is 1.82. The average Bonchev–Trinajstić information content (AvgIpc) is 2.69. The Hall–Kier alpha value is -1.69. The second-order valence-corrected chi connectivity index (χ2v) is 7.18. The molecule has 3 rings (SSSR count). The summed E-state index contributed by atoms with van der Waals surface area (Å²) in [4.78, 5) is 25.2. The van der Waals surface area contributed by atoms with Crippen molar-refractivity contribution in [1.29, 1.82) is 0 Å². The van der Waals surface area contributed by atoms with Gasteiger partial charge in [-0.15, -0.1) is 0 Å². The van der Waals surface area contributed by atoms with E-state index in [9.17, 15) is 4.79 Å². The van der Waals surface area contributed by atoms with Crippen LogP contribution >= 0.6 is 0 Å². The van der Waals surface area contributed by atoms with Crippen LogP contribution in [0.2, 0.25) is 0 Å². The largest absolute Gasteiger partial charge is 0.339 e. The van der Waals surface area contributed by atoms with Crippen LogP contribution in [-0.2, 0) is 4.79 Å². The summed E-state index contributed by atoms with van der Waals surface area (Å²) in [6.07, 6.45) is 10.7. The number of nitrogens with one attached hydrogen (secondary N) is 1. The highest BCUT2D eigenvalue weighted by atomic mass is 16.2. The predicted molar refractivity (Wildman–Crippen MR) is 99.5 cm³/mol. The minimum Gasteiger partial charge on any atom is -0.339 e. The second kappa shape index (κ2) is 9.13. The van der Waals surface area contributed by atoms with E-state index in [2.05, 4.69) is 27.1 Å². The Labute approximate surface area is 151 Å². The molecule has 1 N–H and O–H groups in total. The van der Waals surface area contributed by atoms with E-state index in [1.54, 1.807) is 12.4 Å². The fourth-order valence-electron chi connectivity index (χ4n) is 4.10. The maximum atomic E-state index is 12.5. The number of aromatic nitrogens is 2. The summed E-state index contributed by atoms with van der Waals surface area (Å²) in [6.45, 7) is 6.23. The van der Waals surface area contributed by atoms with Gasteiger partial charge in [0.2, 0.25) is 11.9 Å². The fourth-order valence-corrected chi connectivity index (χ4v) is 4.10. The zero-order valence-corrected chi connectivity index (χ0v) is 15.4. The van der Waals surface area contributed by atoms with Gasteiger partial charge >= 0.3 is 0 Å². The number of hydrogen-bond acceptors (Lipinski definition) is 5. The Balaban J connectivity index is 1.38. The van der Waals surface area contributed by atoms with Crippen molar-refractivity contribution in [3.63, 3.8) is 0 Å².